The summed E-state index contributed by atoms with van der Waals surface area (Å²) in [5.41, 5.74) is -0.834. The Bertz CT molecular complexity index is 539. The number of esters is 2. The molecule has 1 atom stereocenters. The molecule has 1 aromatic carbocycles. The molecular weight excluding hydrogens is 300 g/mol. The quantitative estimate of drug-likeness (QED) is 0.392. The van der Waals surface area contributed by atoms with Crippen LogP contribution in [-0.4, -0.2) is 37.5 Å². The zero-order valence-electron chi connectivity index (χ0n) is 13.7. The molecule has 0 N–H and O–H groups in total. The van der Waals surface area contributed by atoms with Gasteiger partial charge in [0.05, 0.1) is 26.4 Å². The van der Waals surface area contributed by atoms with Crippen molar-refractivity contribution >= 4 is 17.7 Å². The number of rotatable bonds is 9. The summed E-state index contributed by atoms with van der Waals surface area (Å²) in [7, 11) is 0. The highest BCUT2D eigenvalue weighted by Gasteiger charge is 2.47. The van der Waals surface area contributed by atoms with Crippen LogP contribution in [0.5, 0.6) is 0 Å². The summed E-state index contributed by atoms with van der Waals surface area (Å²) >= 11 is 0. The molecule has 0 saturated heterocycles. The van der Waals surface area contributed by atoms with Crippen molar-refractivity contribution < 1.29 is 28.6 Å². The van der Waals surface area contributed by atoms with Gasteiger partial charge in [-0.25, -0.2) is 4.79 Å². The van der Waals surface area contributed by atoms with E-state index in [0.717, 1.165) is 5.56 Å². The molecule has 0 aliphatic heterocycles. The number of benzene rings is 1. The number of carbonyl (C=O) groups excluding carboxylic acids is 3. The highest BCUT2D eigenvalue weighted by molar-refractivity contribution is 6.39. The fourth-order valence-electron chi connectivity index (χ4n) is 1.88. The van der Waals surface area contributed by atoms with Crippen molar-refractivity contribution in [1.29, 1.82) is 0 Å². The molecule has 23 heavy (non-hydrogen) atoms. The van der Waals surface area contributed by atoms with E-state index in [1.54, 1.807) is 13.8 Å². The maximum Gasteiger partial charge on any atom is 0.375 e. The Labute approximate surface area is 135 Å². The maximum atomic E-state index is 12.3. The monoisotopic (exact) mass is 322 g/mol. The van der Waals surface area contributed by atoms with Gasteiger partial charge in [-0.1, -0.05) is 30.3 Å². The van der Waals surface area contributed by atoms with Crippen LogP contribution in [0, 0.1) is 5.41 Å². The first-order valence-electron chi connectivity index (χ1n) is 7.46. The van der Waals surface area contributed by atoms with E-state index in [1.807, 2.05) is 30.3 Å². The second-order valence-corrected chi connectivity index (χ2v) is 5.08. The van der Waals surface area contributed by atoms with Crippen molar-refractivity contribution in [3.8, 4) is 0 Å². The molecule has 0 aliphatic rings. The highest BCUT2D eigenvalue weighted by atomic mass is 16.5. The van der Waals surface area contributed by atoms with Gasteiger partial charge in [0.25, 0.3) is 5.78 Å². The summed E-state index contributed by atoms with van der Waals surface area (Å²) in [5.74, 6) is -2.83. The number of hydrogen-bond acceptors (Lipinski definition) is 6. The molecule has 0 saturated carbocycles. The molecule has 0 heterocycles. The van der Waals surface area contributed by atoms with E-state index in [9.17, 15) is 14.4 Å². The second kappa shape index (κ2) is 9.05. The summed E-state index contributed by atoms with van der Waals surface area (Å²) in [6.07, 6.45) is 0. The number of ether oxygens (including phenoxy) is 3. The van der Waals surface area contributed by atoms with Crippen LogP contribution in [0.2, 0.25) is 0 Å². The minimum atomic E-state index is -1.73. The molecule has 0 fully saturated rings. The van der Waals surface area contributed by atoms with Gasteiger partial charge in [0.15, 0.2) is 5.41 Å². The van der Waals surface area contributed by atoms with Crippen LogP contribution >= 0.6 is 0 Å². The van der Waals surface area contributed by atoms with E-state index in [2.05, 4.69) is 0 Å². The summed E-state index contributed by atoms with van der Waals surface area (Å²) < 4.78 is 15.1. The minimum Gasteiger partial charge on any atom is -0.465 e. The molecule has 6 nitrogen and oxygen atoms in total. The Hall–Kier alpha value is -2.21. The lowest BCUT2D eigenvalue weighted by Crippen LogP contribution is -2.46. The average molecular weight is 322 g/mol. The number of ketones is 1. The first-order chi connectivity index (χ1) is 11.0. The molecule has 126 valence electrons. The zero-order chi connectivity index (χ0) is 17.3. The van der Waals surface area contributed by atoms with E-state index >= 15 is 0 Å². The van der Waals surface area contributed by atoms with Crippen LogP contribution in [0.1, 0.15) is 26.3 Å². The van der Waals surface area contributed by atoms with Gasteiger partial charge in [0, 0.05) is 0 Å². The van der Waals surface area contributed by atoms with Crippen LogP contribution in [0.15, 0.2) is 30.3 Å². The van der Waals surface area contributed by atoms with Gasteiger partial charge in [-0.3, -0.25) is 9.59 Å². The predicted molar refractivity (Wildman–Crippen MR) is 82.5 cm³/mol. The fraction of sp³-hybridized carbons (Fsp3) is 0.471. The number of Topliss-reactive ketones (excluding diaryl/α,β-unsaturated/α-hetero) is 1. The van der Waals surface area contributed by atoms with Crippen molar-refractivity contribution in [2.24, 2.45) is 5.41 Å². The Morgan fingerprint density at radius 1 is 1.00 bits per heavy atom. The summed E-state index contributed by atoms with van der Waals surface area (Å²) in [6.45, 7) is 4.63. The van der Waals surface area contributed by atoms with E-state index in [4.69, 9.17) is 14.2 Å². The lowest BCUT2D eigenvalue weighted by Gasteiger charge is -2.24. The lowest BCUT2D eigenvalue weighted by atomic mass is 9.86. The van der Waals surface area contributed by atoms with Crippen molar-refractivity contribution in [2.75, 3.05) is 19.8 Å². The van der Waals surface area contributed by atoms with Crippen molar-refractivity contribution in [3.63, 3.8) is 0 Å². The predicted octanol–water partition coefficient (Wildman–Crippen LogP) is 1.90. The van der Waals surface area contributed by atoms with Crippen molar-refractivity contribution in [1.82, 2.24) is 0 Å². The molecule has 0 spiro atoms. The van der Waals surface area contributed by atoms with Gasteiger partial charge in [0.2, 0.25) is 0 Å². The third kappa shape index (κ3) is 5.17. The van der Waals surface area contributed by atoms with Crippen LogP contribution in [0.3, 0.4) is 0 Å². The van der Waals surface area contributed by atoms with Crippen LogP contribution in [0.25, 0.3) is 0 Å². The third-order valence-corrected chi connectivity index (χ3v) is 3.19. The maximum absolute atomic E-state index is 12.3. The van der Waals surface area contributed by atoms with Gasteiger partial charge in [-0.05, 0) is 26.3 Å². The Morgan fingerprint density at radius 2 is 1.61 bits per heavy atom. The van der Waals surface area contributed by atoms with E-state index < -0.39 is 23.1 Å². The molecule has 0 bridgehead atoms. The molecule has 6 heteroatoms. The molecule has 1 rings (SSSR count). The van der Waals surface area contributed by atoms with Crippen molar-refractivity contribution in [3.05, 3.63) is 35.9 Å². The SMILES string of the molecule is CCOC(=O)C(=O)C(C)(COCc1ccccc1)C(=O)OCC. The van der Waals surface area contributed by atoms with Crippen LogP contribution < -0.4 is 0 Å². The Morgan fingerprint density at radius 3 is 2.17 bits per heavy atom. The normalized spacial score (nSPS) is 13.0. The smallest absolute Gasteiger partial charge is 0.375 e. The third-order valence-electron chi connectivity index (χ3n) is 3.19. The molecule has 0 radical (unpaired) electrons. The Kier molecular flexibility index (Phi) is 7.41. The highest BCUT2D eigenvalue weighted by Crippen LogP contribution is 2.22. The standard InChI is InChI=1S/C17H22O6/c1-4-22-15(19)14(18)17(3,16(20)23-5-2)12-21-11-13-9-7-6-8-10-13/h6-10H,4-5,11-12H2,1-3H3. The Balaban J connectivity index is 2.80. The first-order valence-corrected chi connectivity index (χ1v) is 7.46. The van der Waals surface area contributed by atoms with Gasteiger partial charge in [0.1, 0.15) is 0 Å². The summed E-state index contributed by atoms with van der Waals surface area (Å²) in [5, 5.41) is 0. The van der Waals surface area contributed by atoms with E-state index in [1.165, 1.54) is 6.92 Å². The number of carbonyl (C=O) groups is 3. The molecule has 0 aromatic heterocycles. The molecular formula is C17H22O6. The van der Waals surface area contributed by atoms with Gasteiger partial charge in [-0.2, -0.15) is 0 Å². The molecule has 0 amide bonds. The van der Waals surface area contributed by atoms with Crippen LogP contribution in [0.4, 0.5) is 0 Å². The first kappa shape index (κ1) is 18.8. The van der Waals surface area contributed by atoms with Gasteiger partial charge in [-0.15, -0.1) is 0 Å². The molecule has 0 aliphatic carbocycles. The summed E-state index contributed by atoms with van der Waals surface area (Å²) in [4.78, 5) is 36.1. The van der Waals surface area contributed by atoms with Crippen LogP contribution in [-0.2, 0) is 35.2 Å². The number of hydrogen-bond donors (Lipinski definition) is 0. The fourth-order valence-corrected chi connectivity index (χ4v) is 1.88. The van der Waals surface area contributed by atoms with E-state index in [0.29, 0.717) is 0 Å². The molecule has 1 aromatic rings. The van der Waals surface area contributed by atoms with Gasteiger partial charge >= 0.3 is 11.9 Å². The zero-order valence-corrected chi connectivity index (χ0v) is 13.7. The topological polar surface area (TPSA) is 78.9 Å². The van der Waals surface area contributed by atoms with Crippen molar-refractivity contribution in [2.45, 2.75) is 27.4 Å². The summed E-state index contributed by atoms with van der Waals surface area (Å²) in [6, 6.07) is 9.29. The lowest BCUT2D eigenvalue weighted by molar-refractivity contribution is -0.171. The largest absolute Gasteiger partial charge is 0.465 e. The van der Waals surface area contributed by atoms with Gasteiger partial charge < -0.3 is 14.2 Å². The average Bonchev–Trinajstić information content (AvgIpc) is 2.55. The molecule has 1 unspecified atom stereocenters. The van der Waals surface area contributed by atoms with E-state index in [-0.39, 0.29) is 26.4 Å². The second-order valence-electron chi connectivity index (χ2n) is 5.08. The minimum absolute atomic E-state index is 0.0500.